The standard InChI is InChI=1S/C11H16O4/c1-9(2)6-11(10(3,4)15-9)5-7(12)14-8(11)13/h5-6H2,1-4H3. The monoisotopic (exact) mass is 212 g/mol. The number of rotatable bonds is 0. The lowest BCUT2D eigenvalue weighted by Crippen LogP contribution is -2.43. The molecule has 4 heteroatoms. The van der Waals surface area contributed by atoms with Gasteiger partial charge in [-0.05, 0) is 34.1 Å². The van der Waals surface area contributed by atoms with Gasteiger partial charge in [-0.1, -0.05) is 0 Å². The van der Waals surface area contributed by atoms with Crippen molar-refractivity contribution < 1.29 is 19.1 Å². The highest BCUT2D eigenvalue weighted by atomic mass is 16.6. The SMILES string of the molecule is CC1(C)CC2(CC(=O)OC2=O)C(C)(C)O1. The van der Waals surface area contributed by atoms with E-state index in [4.69, 9.17) is 4.74 Å². The zero-order chi connectivity index (χ0) is 11.5. The van der Waals surface area contributed by atoms with E-state index in [-0.39, 0.29) is 12.0 Å². The van der Waals surface area contributed by atoms with Gasteiger partial charge in [0.1, 0.15) is 5.41 Å². The van der Waals surface area contributed by atoms with Crippen LogP contribution in [-0.2, 0) is 19.1 Å². The summed E-state index contributed by atoms with van der Waals surface area (Å²) >= 11 is 0. The maximum absolute atomic E-state index is 11.8. The van der Waals surface area contributed by atoms with E-state index in [1.54, 1.807) is 0 Å². The van der Waals surface area contributed by atoms with Gasteiger partial charge in [0.25, 0.3) is 0 Å². The summed E-state index contributed by atoms with van der Waals surface area (Å²) in [6.45, 7) is 7.56. The maximum atomic E-state index is 11.8. The molecule has 2 rings (SSSR count). The van der Waals surface area contributed by atoms with Gasteiger partial charge in [0.15, 0.2) is 0 Å². The molecule has 2 aliphatic rings. The second-order valence-electron chi connectivity index (χ2n) is 5.57. The number of hydrogen-bond acceptors (Lipinski definition) is 4. The van der Waals surface area contributed by atoms with Crippen LogP contribution < -0.4 is 0 Å². The molecule has 0 aliphatic carbocycles. The molecule has 2 heterocycles. The van der Waals surface area contributed by atoms with Gasteiger partial charge in [-0.15, -0.1) is 0 Å². The van der Waals surface area contributed by atoms with Crippen molar-refractivity contribution in [2.45, 2.75) is 51.7 Å². The van der Waals surface area contributed by atoms with Gasteiger partial charge in [0.05, 0.1) is 17.6 Å². The molecular weight excluding hydrogens is 196 g/mol. The molecule has 0 aromatic carbocycles. The average Bonchev–Trinajstić information content (AvgIpc) is 2.31. The fourth-order valence-electron chi connectivity index (χ4n) is 2.91. The first-order valence-corrected chi connectivity index (χ1v) is 5.14. The number of hydrogen-bond donors (Lipinski definition) is 0. The third-order valence-electron chi connectivity index (χ3n) is 3.45. The lowest BCUT2D eigenvalue weighted by Gasteiger charge is -2.31. The Morgan fingerprint density at radius 2 is 1.73 bits per heavy atom. The van der Waals surface area contributed by atoms with Gasteiger partial charge in [-0.25, -0.2) is 0 Å². The van der Waals surface area contributed by atoms with Crippen molar-refractivity contribution in [3.8, 4) is 0 Å². The Labute approximate surface area is 88.9 Å². The molecule has 4 nitrogen and oxygen atoms in total. The Bertz CT molecular complexity index is 342. The number of esters is 2. The van der Waals surface area contributed by atoms with Crippen LogP contribution in [0.5, 0.6) is 0 Å². The number of carbonyl (C=O) groups is 2. The third-order valence-corrected chi connectivity index (χ3v) is 3.45. The summed E-state index contributed by atoms with van der Waals surface area (Å²) in [5.74, 6) is -0.863. The number of carbonyl (C=O) groups excluding carboxylic acids is 2. The van der Waals surface area contributed by atoms with Crippen LogP contribution in [0.1, 0.15) is 40.5 Å². The first-order valence-electron chi connectivity index (χ1n) is 5.14. The van der Waals surface area contributed by atoms with E-state index in [1.807, 2.05) is 27.7 Å². The quantitative estimate of drug-likeness (QED) is 0.450. The maximum Gasteiger partial charge on any atom is 0.323 e. The summed E-state index contributed by atoms with van der Waals surface area (Å²) in [5, 5.41) is 0. The predicted octanol–water partition coefficient (Wildman–Crippen LogP) is 1.42. The Morgan fingerprint density at radius 1 is 1.13 bits per heavy atom. The zero-order valence-corrected chi connectivity index (χ0v) is 9.55. The summed E-state index contributed by atoms with van der Waals surface area (Å²) in [5.41, 5.74) is -1.81. The summed E-state index contributed by atoms with van der Waals surface area (Å²) in [6, 6.07) is 0. The second kappa shape index (κ2) is 2.61. The van der Waals surface area contributed by atoms with Gasteiger partial charge in [0, 0.05) is 0 Å². The molecule has 0 aromatic rings. The molecular formula is C11H16O4. The smallest absolute Gasteiger partial charge is 0.323 e. The van der Waals surface area contributed by atoms with Crippen molar-refractivity contribution >= 4 is 11.9 Å². The first-order chi connectivity index (χ1) is 6.69. The van der Waals surface area contributed by atoms with Gasteiger partial charge in [0.2, 0.25) is 0 Å². The Kier molecular flexibility index (Phi) is 1.85. The van der Waals surface area contributed by atoms with Gasteiger partial charge in [-0.3, -0.25) is 9.59 Å². The molecule has 0 amide bonds. The van der Waals surface area contributed by atoms with Crippen molar-refractivity contribution in [2.24, 2.45) is 5.41 Å². The Morgan fingerprint density at radius 3 is 2.07 bits per heavy atom. The largest absolute Gasteiger partial charge is 0.393 e. The minimum Gasteiger partial charge on any atom is -0.393 e. The molecule has 0 N–H and O–H groups in total. The van der Waals surface area contributed by atoms with E-state index in [0.29, 0.717) is 6.42 Å². The lowest BCUT2D eigenvalue weighted by molar-refractivity contribution is -0.159. The number of cyclic esters (lactones) is 2. The van der Waals surface area contributed by atoms with Crippen LogP contribution in [-0.4, -0.2) is 23.1 Å². The van der Waals surface area contributed by atoms with Gasteiger partial charge in [-0.2, -0.15) is 0 Å². The highest BCUT2D eigenvalue weighted by molar-refractivity contribution is 5.98. The Hall–Kier alpha value is -0.900. The third kappa shape index (κ3) is 1.31. The summed E-state index contributed by atoms with van der Waals surface area (Å²) < 4.78 is 10.5. The van der Waals surface area contributed by atoms with Crippen molar-refractivity contribution in [1.29, 1.82) is 0 Å². The van der Waals surface area contributed by atoms with Crippen LogP contribution in [0.2, 0.25) is 0 Å². The highest BCUT2D eigenvalue weighted by Gasteiger charge is 2.66. The van der Waals surface area contributed by atoms with Gasteiger partial charge < -0.3 is 9.47 Å². The van der Waals surface area contributed by atoms with E-state index >= 15 is 0 Å². The number of ether oxygens (including phenoxy) is 2. The zero-order valence-electron chi connectivity index (χ0n) is 9.55. The van der Waals surface area contributed by atoms with E-state index < -0.39 is 23.0 Å². The minimum absolute atomic E-state index is 0.141. The summed E-state index contributed by atoms with van der Waals surface area (Å²) in [7, 11) is 0. The predicted molar refractivity (Wildman–Crippen MR) is 52.0 cm³/mol. The minimum atomic E-state index is -0.784. The van der Waals surface area contributed by atoms with Crippen LogP contribution >= 0.6 is 0 Å². The fourth-order valence-corrected chi connectivity index (χ4v) is 2.91. The highest BCUT2D eigenvalue weighted by Crippen LogP contribution is 2.56. The molecule has 2 saturated heterocycles. The molecule has 0 radical (unpaired) electrons. The molecule has 0 bridgehead atoms. The first kappa shape index (κ1) is 10.6. The second-order valence-corrected chi connectivity index (χ2v) is 5.57. The van der Waals surface area contributed by atoms with Gasteiger partial charge >= 0.3 is 11.9 Å². The normalized spacial score (nSPS) is 37.3. The van der Waals surface area contributed by atoms with Crippen LogP contribution in [0.25, 0.3) is 0 Å². The fraction of sp³-hybridized carbons (Fsp3) is 0.818. The van der Waals surface area contributed by atoms with E-state index in [9.17, 15) is 9.59 Å². The van der Waals surface area contributed by atoms with Crippen LogP contribution in [0.15, 0.2) is 0 Å². The van der Waals surface area contributed by atoms with Crippen LogP contribution in [0, 0.1) is 5.41 Å². The molecule has 0 saturated carbocycles. The van der Waals surface area contributed by atoms with E-state index in [2.05, 4.69) is 4.74 Å². The van der Waals surface area contributed by atoms with Crippen molar-refractivity contribution in [3.05, 3.63) is 0 Å². The topological polar surface area (TPSA) is 52.6 Å². The average molecular weight is 212 g/mol. The van der Waals surface area contributed by atoms with Crippen molar-refractivity contribution in [3.63, 3.8) is 0 Å². The molecule has 1 unspecified atom stereocenters. The molecule has 2 fully saturated rings. The van der Waals surface area contributed by atoms with Crippen molar-refractivity contribution in [2.75, 3.05) is 0 Å². The Balaban J connectivity index is 2.44. The summed E-state index contributed by atoms with van der Waals surface area (Å²) in [6.07, 6.45) is 0.680. The molecule has 2 aliphatic heterocycles. The van der Waals surface area contributed by atoms with E-state index in [1.165, 1.54) is 0 Å². The molecule has 1 atom stereocenters. The van der Waals surface area contributed by atoms with Crippen LogP contribution in [0.4, 0.5) is 0 Å². The van der Waals surface area contributed by atoms with Crippen molar-refractivity contribution in [1.82, 2.24) is 0 Å². The van der Waals surface area contributed by atoms with Crippen LogP contribution in [0.3, 0.4) is 0 Å². The molecule has 0 aromatic heterocycles. The molecule has 1 spiro atoms. The summed E-state index contributed by atoms with van der Waals surface area (Å²) in [4.78, 5) is 23.0. The van der Waals surface area contributed by atoms with E-state index in [0.717, 1.165) is 0 Å². The molecule has 84 valence electrons. The lowest BCUT2D eigenvalue weighted by atomic mass is 9.70. The molecule has 15 heavy (non-hydrogen) atoms.